The van der Waals surface area contributed by atoms with Gasteiger partial charge in [-0.15, -0.1) is 0 Å². The Morgan fingerprint density at radius 3 is 2.35 bits per heavy atom. The predicted molar refractivity (Wildman–Crippen MR) is 75.3 cm³/mol. The molecule has 0 bridgehead atoms. The third-order valence-corrected chi connectivity index (χ3v) is 3.18. The maximum Gasteiger partial charge on any atom is 0.318 e. The van der Waals surface area contributed by atoms with Crippen LogP contribution in [0.3, 0.4) is 0 Å². The highest BCUT2D eigenvalue weighted by Gasteiger charge is 2.42. The van der Waals surface area contributed by atoms with Crippen LogP contribution in [0.4, 0.5) is 0 Å². The van der Waals surface area contributed by atoms with Gasteiger partial charge in [0.25, 0.3) is 0 Å². The van der Waals surface area contributed by atoms with E-state index in [1.807, 2.05) is 6.07 Å². The van der Waals surface area contributed by atoms with Gasteiger partial charge in [0, 0.05) is 10.6 Å². The third kappa shape index (κ3) is 3.58. The van der Waals surface area contributed by atoms with E-state index in [-0.39, 0.29) is 6.61 Å². The number of Topliss-reactive ketones (excluding diaryl/α,β-unsaturated/α-hetero) is 1. The summed E-state index contributed by atoms with van der Waals surface area (Å²) in [6.45, 7) is 4.90. The van der Waals surface area contributed by atoms with Gasteiger partial charge in [0.05, 0.1) is 18.1 Å². The first-order valence-corrected chi connectivity index (χ1v) is 6.59. The van der Waals surface area contributed by atoms with Gasteiger partial charge in [-0.05, 0) is 45.0 Å². The summed E-state index contributed by atoms with van der Waals surface area (Å²) in [5, 5.41) is 9.68. The van der Waals surface area contributed by atoms with Crippen molar-refractivity contribution in [3.05, 3.63) is 34.9 Å². The first-order chi connectivity index (χ1) is 9.33. The molecule has 106 valence electrons. The second-order valence-electron chi connectivity index (χ2n) is 4.89. The van der Waals surface area contributed by atoms with E-state index in [1.54, 1.807) is 32.9 Å². The highest BCUT2D eigenvalue weighted by atomic mass is 35.5. The first-order valence-electron chi connectivity index (χ1n) is 6.21. The highest BCUT2D eigenvalue weighted by Crippen LogP contribution is 2.30. The van der Waals surface area contributed by atoms with E-state index in [1.165, 1.54) is 12.1 Å². The van der Waals surface area contributed by atoms with Crippen molar-refractivity contribution in [2.75, 3.05) is 6.61 Å². The molecule has 0 saturated heterocycles. The Morgan fingerprint density at radius 2 is 1.90 bits per heavy atom. The molecule has 4 nitrogen and oxygen atoms in total. The molecule has 0 fully saturated rings. The van der Waals surface area contributed by atoms with E-state index in [2.05, 4.69) is 0 Å². The van der Waals surface area contributed by atoms with Crippen LogP contribution in [0.5, 0.6) is 0 Å². The zero-order valence-electron chi connectivity index (χ0n) is 11.6. The minimum atomic E-state index is -1.16. The van der Waals surface area contributed by atoms with Crippen LogP contribution in [0.2, 0.25) is 5.02 Å². The number of nitriles is 1. The minimum Gasteiger partial charge on any atom is -0.465 e. The summed E-state index contributed by atoms with van der Waals surface area (Å²) in [7, 11) is 0. The lowest BCUT2D eigenvalue weighted by molar-refractivity contribution is -0.148. The van der Waals surface area contributed by atoms with Gasteiger partial charge < -0.3 is 4.74 Å². The average Bonchev–Trinajstić information content (AvgIpc) is 2.39. The van der Waals surface area contributed by atoms with E-state index >= 15 is 0 Å². The molecule has 0 spiro atoms. The van der Waals surface area contributed by atoms with Crippen LogP contribution in [0.25, 0.3) is 0 Å². The maximum atomic E-state index is 12.5. The lowest BCUT2D eigenvalue weighted by Gasteiger charge is -2.24. The van der Waals surface area contributed by atoms with Gasteiger partial charge in [0.1, 0.15) is 5.92 Å². The Labute approximate surface area is 123 Å². The van der Waals surface area contributed by atoms with Crippen molar-refractivity contribution in [1.82, 2.24) is 0 Å². The number of ether oxygens (including phenoxy) is 1. The number of carbonyl (C=O) groups is 2. The number of carbonyl (C=O) groups excluding carboxylic acids is 2. The van der Waals surface area contributed by atoms with Gasteiger partial charge in [-0.1, -0.05) is 11.6 Å². The SMILES string of the molecule is CCOC(=O)C(C(=O)c1ccc(Cl)cc1)C(C)(C)C#N. The summed E-state index contributed by atoms with van der Waals surface area (Å²) in [6.07, 6.45) is 0. The van der Waals surface area contributed by atoms with Gasteiger partial charge in [-0.3, -0.25) is 9.59 Å². The summed E-state index contributed by atoms with van der Waals surface area (Å²) in [5.74, 6) is -2.28. The largest absolute Gasteiger partial charge is 0.465 e. The van der Waals surface area contributed by atoms with E-state index in [4.69, 9.17) is 16.3 Å². The van der Waals surface area contributed by atoms with Crippen LogP contribution in [0.15, 0.2) is 24.3 Å². The number of nitrogens with zero attached hydrogens (tertiary/aromatic N) is 1. The molecule has 0 aliphatic rings. The quantitative estimate of drug-likeness (QED) is 0.475. The molecule has 5 heteroatoms. The van der Waals surface area contributed by atoms with Gasteiger partial charge in [0.2, 0.25) is 0 Å². The summed E-state index contributed by atoms with van der Waals surface area (Å²) in [5.41, 5.74) is -0.820. The van der Waals surface area contributed by atoms with Crippen molar-refractivity contribution in [2.45, 2.75) is 20.8 Å². The van der Waals surface area contributed by atoms with Crippen molar-refractivity contribution >= 4 is 23.4 Å². The zero-order valence-corrected chi connectivity index (χ0v) is 12.4. The normalized spacial score (nSPS) is 12.3. The maximum absolute atomic E-state index is 12.5. The number of rotatable bonds is 5. The van der Waals surface area contributed by atoms with Crippen molar-refractivity contribution in [3.8, 4) is 6.07 Å². The fraction of sp³-hybridized carbons (Fsp3) is 0.400. The number of benzene rings is 1. The molecule has 0 N–H and O–H groups in total. The van der Waals surface area contributed by atoms with Crippen molar-refractivity contribution in [3.63, 3.8) is 0 Å². The van der Waals surface area contributed by atoms with E-state index in [9.17, 15) is 14.9 Å². The van der Waals surface area contributed by atoms with Gasteiger partial charge in [0.15, 0.2) is 5.78 Å². The van der Waals surface area contributed by atoms with Crippen LogP contribution in [0, 0.1) is 22.7 Å². The Bertz CT molecular complexity index is 543. The fourth-order valence-electron chi connectivity index (χ4n) is 1.80. The predicted octanol–water partition coefficient (Wildman–Crippen LogP) is 3.25. The third-order valence-electron chi connectivity index (χ3n) is 2.92. The van der Waals surface area contributed by atoms with Crippen LogP contribution in [0.1, 0.15) is 31.1 Å². The Morgan fingerprint density at radius 1 is 1.35 bits per heavy atom. The Hall–Kier alpha value is -1.86. The molecular formula is C15H16ClNO3. The highest BCUT2D eigenvalue weighted by molar-refractivity contribution is 6.30. The van der Waals surface area contributed by atoms with E-state index in [0.29, 0.717) is 10.6 Å². The minimum absolute atomic E-state index is 0.157. The molecule has 0 aromatic heterocycles. The Kier molecular flexibility index (Phi) is 5.29. The molecule has 20 heavy (non-hydrogen) atoms. The van der Waals surface area contributed by atoms with Crippen LogP contribution in [-0.2, 0) is 9.53 Å². The second kappa shape index (κ2) is 6.53. The number of hydrogen-bond acceptors (Lipinski definition) is 4. The lowest BCUT2D eigenvalue weighted by atomic mass is 9.76. The molecule has 1 rings (SSSR count). The number of halogens is 1. The Balaban J connectivity index is 3.17. The average molecular weight is 294 g/mol. The molecule has 0 heterocycles. The van der Waals surface area contributed by atoms with Crippen LogP contribution >= 0.6 is 11.6 Å². The smallest absolute Gasteiger partial charge is 0.318 e. The first kappa shape index (κ1) is 16.2. The van der Waals surface area contributed by atoms with Crippen LogP contribution < -0.4 is 0 Å². The fourth-order valence-corrected chi connectivity index (χ4v) is 1.93. The molecule has 1 aromatic rings. The summed E-state index contributed by atoms with van der Waals surface area (Å²) >= 11 is 5.77. The molecular weight excluding hydrogens is 278 g/mol. The summed E-state index contributed by atoms with van der Waals surface area (Å²) < 4.78 is 4.92. The van der Waals surface area contributed by atoms with Gasteiger partial charge in [-0.2, -0.15) is 5.26 Å². The summed E-state index contributed by atoms with van der Waals surface area (Å²) in [6, 6.07) is 8.19. The van der Waals surface area contributed by atoms with E-state index in [0.717, 1.165) is 0 Å². The molecule has 0 aliphatic carbocycles. The van der Waals surface area contributed by atoms with Crippen molar-refractivity contribution in [2.24, 2.45) is 11.3 Å². The molecule has 1 unspecified atom stereocenters. The van der Waals surface area contributed by atoms with Gasteiger partial charge in [-0.25, -0.2) is 0 Å². The lowest BCUT2D eigenvalue weighted by Crippen LogP contribution is -2.38. The topological polar surface area (TPSA) is 67.2 Å². The van der Waals surface area contributed by atoms with Crippen LogP contribution in [-0.4, -0.2) is 18.4 Å². The molecule has 1 aromatic carbocycles. The molecule has 0 saturated carbocycles. The number of ketones is 1. The number of hydrogen-bond donors (Lipinski definition) is 0. The van der Waals surface area contributed by atoms with Crippen molar-refractivity contribution in [1.29, 1.82) is 5.26 Å². The van der Waals surface area contributed by atoms with E-state index < -0.39 is 23.1 Å². The standard InChI is InChI=1S/C15H16ClNO3/c1-4-20-14(19)12(15(2,3)9-17)13(18)10-5-7-11(16)8-6-10/h5-8,12H,4H2,1-3H3. The monoisotopic (exact) mass is 293 g/mol. The zero-order chi connectivity index (χ0) is 15.3. The second-order valence-corrected chi connectivity index (χ2v) is 5.33. The molecule has 0 aliphatic heterocycles. The summed E-state index contributed by atoms with van der Waals surface area (Å²) in [4.78, 5) is 24.5. The molecule has 0 amide bonds. The molecule has 0 radical (unpaired) electrons. The van der Waals surface area contributed by atoms with Crippen molar-refractivity contribution < 1.29 is 14.3 Å². The van der Waals surface area contributed by atoms with Gasteiger partial charge >= 0.3 is 5.97 Å². The number of esters is 1. The molecule has 1 atom stereocenters.